The van der Waals surface area contributed by atoms with Crippen molar-refractivity contribution < 1.29 is 14.0 Å². The van der Waals surface area contributed by atoms with Crippen molar-refractivity contribution in [3.8, 4) is 0 Å². The smallest absolute Gasteiger partial charge is 0.222 e. The van der Waals surface area contributed by atoms with E-state index in [4.69, 9.17) is 0 Å². The molecule has 1 heterocycles. The SMILES string of the molecule is O=C(CN1CCCCCC1=O)c1ccccc1F. The van der Waals surface area contributed by atoms with Crippen molar-refractivity contribution in [3.63, 3.8) is 0 Å². The first-order valence-corrected chi connectivity index (χ1v) is 6.24. The Labute approximate surface area is 106 Å². The fourth-order valence-corrected chi connectivity index (χ4v) is 2.15. The number of amides is 1. The summed E-state index contributed by atoms with van der Waals surface area (Å²) in [5.74, 6) is -0.856. The van der Waals surface area contributed by atoms with Crippen molar-refractivity contribution in [1.29, 1.82) is 0 Å². The van der Waals surface area contributed by atoms with E-state index >= 15 is 0 Å². The third-order valence-corrected chi connectivity index (χ3v) is 3.18. The lowest BCUT2D eigenvalue weighted by Gasteiger charge is -2.19. The lowest BCUT2D eigenvalue weighted by molar-refractivity contribution is -0.130. The Bertz CT molecular complexity index is 459. The fourth-order valence-electron chi connectivity index (χ4n) is 2.15. The van der Waals surface area contributed by atoms with Crippen LogP contribution in [-0.4, -0.2) is 29.7 Å². The van der Waals surface area contributed by atoms with E-state index in [2.05, 4.69) is 0 Å². The summed E-state index contributed by atoms with van der Waals surface area (Å²) in [6, 6.07) is 5.89. The third-order valence-electron chi connectivity index (χ3n) is 3.18. The monoisotopic (exact) mass is 249 g/mol. The van der Waals surface area contributed by atoms with Gasteiger partial charge in [0.05, 0.1) is 12.1 Å². The molecule has 3 nitrogen and oxygen atoms in total. The van der Waals surface area contributed by atoms with E-state index in [9.17, 15) is 14.0 Å². The van der Waals surface area contributed by atoms with E-state index in [0.717, 1.165) is 19.3 Å². The molecule has 1 amide bonds. The minimum Gasteiger partial charge on any atom is -0.335 e. The quantitative estimate of drug-likeness (QED) is 0.771. The van der Waals surface area contributed by atoms with Gasteiger partial charge in [-0.3, -0.25) is 9.59 Å². The summed E-state index contributed by atoms with van der Waals surface area (Å²) in [4.78, 5) is 25.2. The lowest BCUT2D eigenvalue weighted by atomic mass is 10.1. The van der Waals surface area contributed by atoms with Gasteiger partial charge in [0.25, 0.3) is 0 Å². The van der Waals surface area contributed by atoms with Gasteiger partial charge in [0.15, 0.2) is 5.78 Å². The van der Waals surface area contributed by atoms with Crippen LogP contribution in [-0.2, 0) is 4.79 Å². The van der Waals surface area contributed by atoms with Gasteiger partial charge in [0.1, 0.15) is 5.82 Å². The zero-order valence-electron chi connectivity index (χ0n) is 10.2. The van der Waals surface area contributed by atoms with Crippen LogP contribution in [0.25, 0.3) is 0 Å². The molecule has 1 aliphatic rings. The van der Waals surface area contributed by atoms with Crippen molar-refractivity contribution in [2.45, 2.75) is 25.7 Å². The van der Waals surface area contributed by atoms with Gasteiger partial charge in [-0.1, -0.05) is 18.6 Å². The van der Waals surface area contributed by atoms with E-state index < -0.39 is 5.82 Å². The number of carbonyl (C=O) groups is 2. The lowest BCUT2D eigenvalue weighted by Crippen LogP contribution is -2.35. The first-order chi connectivity index (χ1) is 8.68. The van der Waals surface area contributed by atoms with Crippen LogP contribution < -0.4 is 0 Å². The number of rotatable bonds is 3. The van der Waals surface area contributed by atoms with Crippen molar-refractivity contribution in [2.75, 3.05) is 13.1 Å². The van der Waals surface area contributed by atoms with Crippen molar-refractivity contribution in [1.82, 2.24) is 4.90 Å². The highest BCUT2D eigenvalue weighted by atomic mass is 19.1. The summed E-state index contributed by atoms with van der Waals surface area (Å²) in [6.45, 7) is 0.582. The number of hydrogen-bond acceptors (Lipinski definition) is 2. The van der Waals surface area contributed by atoms with Crippen LogP contribution in [0.15, 0.2) is 24.3 Å². The first kappa shape index (κ1) is 12.7. The maximum absolute atomic E-state index is 13.4. The molecule has 1 aliphatic heterocycles. The second kappa shape index (κ2) is 5.76. The van der Waals surface area contributed by atoms with E-state index in [-0.39, 0.29) is 23.8 Å². The summed E-state index contributed by atoms with van der Waals surface area (Å²) in [6.07, 6.45) is 3.29. The Morgan fingerprint density at radius 1 is 1.22 bits per heavy atom. The summed E-state index contributed by atoms with van der Waals surface area (Å²) < 4.78 is 13.4. The van der Waals surface area contributed by atoms with Gasteiger partial charge in [-0.15, -0.1) is 0 Å². The molecule has 96 valence electrons. The molecule has 0 aliphatic carbocycles. The van der Waals surface area contributed by atoms with Gasteiger partial charge in [-0.05, 0) is 25.0 Å². The minimum atomic E-state index is -0.523. The fraction of sp³-hybridized carbons (Fsp3) is 0.429. The molecule has 0 bridgehead atoms. The number of hydrogen-bond donors (Lipinski definition) is 0. The highest BCUT2D eigenvalue weighted by molar-refractivity contribution is 5.99. The Kier molecular flexibility index (Phi) is 4.07. The average molecular weight is 249 g/mol. The number of ketones is 1. The molecule has 0 N–H and O–H groups in total. The van der Waals surface area contributed by atoms with Crippen molar-refractivity contribution in [3.05, 3.63) is 35.6 Å². The molecule has 1 saturated heterocycles. The predicted octanol–water partition coefficient (Wildman–Crippen LogP) is 2.41. The molecular weight excluding hydrogens is 233 g/mol. The zero-order chi connectivity index (χ0) is 13.0. The molecular formula is C14H16FNO2. The molecule has 0 saturated carbocycles. The van der Waals surface area contributed by atoms with Gasteiger partial charge in [-0.25, -0.2) is 4.39 Å². The predicted molar refractivity (Wildman–Crippen MR) is 65.8 cm³/mol. The van der Waals surface area contributed by atoms with Gasteiger partial charge >= 0.3 is 0 Å². The van der Waals surface area contributed by atoms with Gasteiger partial charge in [-0.2, -0.15) is 0 Å². The number of carbonyl (C=O) groups excluding carboxylic acids is 2. The Morgan fingerprint density at radius 3 is 2.78 bits per heavy atom. The second-order valence-electron chi connectivity index (χ2n) is 4.53. The third kappa shape index (κ3) is 2.94. The molecule has 0 unspecified atom stereocenters. The standard InChI is InChI=1S/C14H16FNO2/c15-12-7-4-3-6-11(12)13(17)10-16-9-5-1-2-8-14(16)18/h3-4,6-7H,1-2,5,8-10H2. The van der Waals surface area contributed by atoms with Gasteiger partial charge < -0.3 is 4.90 Å². The average Bonchev–Trinajstić information content (AvgIpc) is 2.55. The largest absolute Gasteiger partial charge is 0.335 e. The van der Waals surface area contributed by atoms with Crippen LogP contribution in [0, 0.1) is 5.82 Å². The van der Waals surface area contributed by atoms with Crippen molar-refractivity contribution >= 4 is 11.7 Å². The molecule has 1 aromatic carbocycles. The molecule has 1 aromatic rings. The number of benzene rings is 1. The van der Waals surface area contributed by atoms with E-state index in [1.807, 2.05) is 0 Å². The molecule has 0 aromatic heterocycles. The molecule has 0 spiro atoms. The van der Waals surface area contributed by atoms with E-state index in [0.29, 0.717) is 13.0 Å². The number of halogens is 1. The van der Waals surface area contributed by atoms with Crippen LogP contribution >= 0.6 is 0 Å². The van der Waals surface area contributed by atoms with Crippen LogP contribution in [0.5, 0.6) is 0 Å². The zero-order valence-corrected chi connectivity index (χ0v) is 10.2. The number of nitrogens with zero attached hydrogens (tertiary/aromatic N) is 1. The number of likely N-dealkylation sites (tertiary alicyclic amines) is 1. The van der Waals surface area contributed by atoms with Crippen LogP contribution in [0.4, 0.5) is 4.39 Å². The molecule has 4 heteroatoms. The Hall–Kier alpha value is -1.71. The summed E-state index contributed by atoms with van der Waals surface area (Å²) in [5.41, 5.74) is 0.0644. The highest BCUT2D eigenvalue weighted by Crippen LogP contribution is 2.13. The summed E-state index contributed by atoms with van der Waals surface area (Å²) in [7, 11) is 0. The van der Waals surface area contributed by atoms with E-state index in [1.54, 1.807) is 17.0 Å². The molecule has 18 heavy (non-hydrogen) atoms. The highest BCUT2D eigenvalue weighted by Gasteiger charge is 2.21. The topological polar surface area (TPSA) is 37.4 Å². The van der Waals surface area contributed by atoms with E-state index in [1.165, 1.54) is 12.1 Å². The molecule has 2 rings (SSSR count). The van der Waals surface area contributed by atoms with Crippen LogP contribution in [0.1, 0.15) is 36.0 Å². The van der Waals surface area contributed by atoms with Gasteiger partial charge in [0, 0.05) is 13.0 Å². The summed E-state index contributed by atoms with van der Waals surface area (Å²) in [5, 5.41) is 0. The van der Waals surface area contributed by atoms with Gasteiger partial charge in [0.2, 0.25) is 5.91 Å². The van der Waals surface area contributed by atoms with Crippen LogP contribution in [0.2, 0.25) is 0 Å². The summed E-state index contributed by atoms with van der Waals surface area (Å²) >= 11 is 0. The minimum absolute atomic E-state index is 0.00260. The Balaban J connectivity index is 2.06. The normalized spacial score (nSPS) is 16.5. The second-order valence-corrected chi connectivity index (χ2v) is 4.53. The molecule has 0 radical (unpaired) electrons. The molecule has 1 fully saturated rings. The van der Waals surface area contributed by atoms with Crippen molar-refractivity contribution in [2.24, 2.45) is 0 Å². The van der Waals surface area contributed by atoms with Crippen LogP contribution in [0.3, 0.4) is 0 Å². The first-order valence-electron chi connectivity index (χ1n) is 6.24. The maximum atomic E-state index is 13.4. The maximum Gasteiger partial charge on any atom is 0.222 e. The molecule has 0 atom stereocenters. The number of Topliss-reactive ketones (excluding diaryl/α,β-unsaturated/α-hetero) is 1. The Morgan fingerprint density at radius 2 is 2.00 bits per heavy atom.